The highest BCUT2D eigenvalue weighted by Gasteiger charge is 2.48. The van der Waals surface area contributed by atoms with Crippen LogP contribution in [0.3, 0.4) is 0 Å². The van der Waals surface area contributed by atoms with E-state index >= 15 is 0 Å². The first-order chi connectivity index (χ1) is 9.33. The lowest BCUT2D eigenvalue weighted by molar-refractivity contribution is 0.279. The van der Waals surface area contributed by atoms with E-state index in [-0.39, 0.29) is 12.0 Å². The molecular formula is C14H16N4O. The third kappa shape index (κ3) is 1.69. The molecule has 2 aromatic heterocycles. The summed E-state index contributed by atoms with van der Waals surface area (Å²) in [5.74, 6) is 2.87. The highest BCUT2D eigenvalue weighted by molar-refractivity contribution is 5.52. The maximum atomic E-state index is 6.31. The fourth-order valence-corrected chi connectivity index (χ4v) is 3.69. The van der Waals surface area contributed by atoms with Crippen molar-refractivity contribution in [1.29, 1.82) is 0 Å². The van der Waals surface area contributed by atoms with Crippen molar-refractivity contribution in [2.24, 2.45) is 17.6 Å². The fourth-order valence-electron chi connectivity index (χ4n) is 3.69. The smallest absolute Gasteiger partial charge is 0.231 e. The second-order valence-corrected chi connectivity index (χ2v) is 5.63. The molecule has 2 aliphatic rings. The fraction of sp³-hybridized carbons (Fsp3) is 0.500. The Balaban J connectivity index is 1.65. The van der Waals surface area contributed by atoms with Gasteiger partial charge in [-0.15, -0.1) is 0 Å². The zero-order chi connectivity index (χ0) is 12.8. The largest absolute Gasteiger partial charge is 0.339 e. The first-order valence-electron chi connectivity index (χ1n) is 6.82. The Morgan fingerprint density at radius 3 is 2.68 bits per heavy atom. The summed E-state index contributed by atoms with van der Waals surface area (Å²) in [5.41, 5.74) is 7.24. The summed E-state index contributed by atoms with van der Waals surface area (Å²) < 4.78 is 5.46. The minimum atomic E-state index is 0.185. The second-order valence-electron chi connectivity index (χ2n) is 5.63. The molecule has 19 heavy (non-hydrogen) atoms. The van der Waals surface area contributed by atoms with Crippen LogP contribution in [0.2, 0.25) is 0 Å². The van der Waals surface area contributed by atoms with E-state index in [1.54, 1.807) is 12.4 Å². The molecule has 2 aromatic rings. The van der Waals surface area contributed by atoms with Crippen LogP contribution in [0.15, 0.2) is 29.0 Å². The van der Waals surface area contributed by atoms with Gasteiger partial charge in [-0.1, -0.05) is 5.16 Å². The predicted molar refractivity (Wildman–Crippen MR) is 69.1 cm³/mol. The molecule has 2 heterocycles. The molecule has 2 fully saturated rings. The second kappa shape index (κ2) is 4.13. The van der Waals surface area contributed by atoms with Gasteiger partial charge in [-0.05, 0) is 43.2 Å². The molecule has 0 aromatic carbocycles. The molecule has 4 rings (SSSR count). The summed E-state index contributed by atoms with van der Waals surface area (Å²) >= 11 is 0. The standard InChI is InChI=1S/C14H16N4O/c15-12-10-2-1-9(7-10)11(12)14-17-13(18-19-14)8-3-5-16-6-4-8/h3-6,9-12H,1-2,7,15H2. The number of aromatic nitrogens is 3. The molecule has 2 bridgehead atoms. The van der Waals surface area contributed by atoms with E-state index in [1.165, 1.54) is 19.3 Å². The third-order valence-electron chi connectivity index (χ3n) is 4.65. The zero-order valence-electron chi connectivity index (χ0n) is 10.6. The maximum Gasteiger partial charge on any atom is 0.231 e. The van der Waals surface area contributed by atoms with Crippen LogP contribution < -0.4 is 5.73 Å². The maximum absolute atomic E-state index is 6.31. The van der Waals surface area contributed by atoms with Crippen molar-refractivity contribution in [2.45, 2.75) is 31.2 Å². The number of fused-ring (bicyclic) bond motifs is 2. The van der Waals surface area contributed by atoms with Crippen molar-refractivity contribution >= 4 is 0 Å². The van der Waals surface area contributed by atoms with Gasteiger partial charge >= 0.3 is 0 Å². The lowest BCUT2D eigenvalue weighted by Crippen LogP contribution is -2.34. The number of hydrogen-bond donors (Lipinski definition) is 1. The summed E-state index contributed by atoms with van der Waals surface area (Å²) in [6.45, 7) is 0. The van der Waals surface area contributed by atoms with E-state index in [4.69, 9.17) is 10.3 Å². The molecule has 0 radical (unpaired) electrons. The van der Waals surface area contributed by atoms with Crippen LogP contribution in [0.4, 0.5) is 0 Å². The number of pyridine rings is 1. The summed E-state index contributed by atoms with van der Waals surface area (Å²) in [6.07, 6.45) is 7.19. The molecule has 0 saturated heterocycles. The number of nitrogens with zero attached hydrogens (tertiary/aromatic N) is 3. The van der Waals surface area contributed by atoms with E-state index in [9.17, 15) is 0 Å². The summed E-state index contributed by atoms with van der Waals surface area (Å²) in [6, 6.07) is 3.95. The molecule has 2 saturated carbocycles. The molecular weight excluding hydrogens is 240 g/mol. The van der Waals surface area contributed by atoms with Gasteiger partial charge in [0.05, 0.1) is 5.92 Å². The molecule has 0 spiro atoms. The van der Waals surface area contributed by atoms with Gasteiger partial charge in [0.25, 0.3) is 0 Å². The van der Waals surface area contributed by atoms with E-state index in [0.29, 0.717) is 23.6 Å². The molecule has 5 heteroatoms. The quantitative estimate of drug-likeness (QED) is 0.888. The van der Waals surface area contributed by atoms with Gasteiger partial charge in [0.2, 0.25) is 11.7 Å². The van der Waals surface area contributed by atoms with E-state index in [0.717, 1.165) is 5.56 Å². The number of nitrogens with two attached hydrogens (primary N) is 1. The minimum absolute atomic E-state index is 0.185. The lowest BCUT2D eigenvalue weighted by Gasteiger charge is -2.24. The van der Waals surface area contributed by atoms with E-state index in [2.05, 4.69) is 15.1 Å². The van der Waals surface area contributed by atoms with E-state index < -0.39 is 0 Å². The summed E-state index contributed by atoms with van der Waals surface area (Å²) in [7, 11) is 0. The molecule has 2 N–H and O–H groups in total. The Morgan fingerprint density at radius 1 is 1.16 bits per heavy atom. The van der Waals surface area contributed by atoms with Crippen LogP contribution in [0, 0.1) is 11.8 Å². The SMILES string of the molecule is NC1C2CCC(C2)C1c1nc(-c2ccncc2)no1. The predicted octanol–water partition coefficient (Wildman–Crippen LogP) is 1.97. The minimum Gasteiger partial charge on any atom is -0.339 e. The van der Waals surface area contributed by atoms with Gasteiger partial charge in [0.1, 0.15) is 0 Å². The Kier molecular flexibility index (Phi) is 2.41. The van der Waals surface area contributed by atoms with Crippen LogP contribution in [-0.4, -0.2) is 21.2 Å². The van der Waals surface area contributed by atoms with Crippen molar-refractivity contribution in [3.8, 4) is 11.4 Å². The Labute approximate surface area is 111 Å². The normalized spacial score (nSPS) is 32.9. The molecule has 4 atom stereocenters. The average Bonchev–Trinajstić information content (AvgIpc) is 3.14. The van der Waals surface area contributed by atoms with Crippen molar-refractivity contribution < 1.29 is 4.52 Å². The highest BCUT2D eigenvalue weighted by Crippen LogP contribution is 2.51. The van der Waals surface area contributed by atoms with Gasteiger partial charge in [-0.3, -0.25) is 4.98 Å². The molecule has 4 unspecified atom stereocenters. The van der Waals surface area contributed by atoms with Gasteiger partial charge in [-0.25, -0.2) is 0 Å². The Hall–Kier alpha value is -1.75. The van der Waals surface area contributed by atoms with Crippen molar-refractivity contribution in [3.05, 3.63) is 30.4 Å². The third-order valence-corrected chi connectivity index (χ3v) is 4.65. The first kappa shape index (κ1) is 11.1. The average molecular weight is 256 g/mol. The molecule has 0 amide bonds. The summed E-state index contributed by atoms with van der Waals surface area (Å²) in [4.78, 5) is 8.54. The van der Waals surface area contributed by atoms with Gasteiger partial charge < -0.3 is 10.3 Å². The highest BCUT2D eigenvalue weighted by atomic mass is 16.5. The van der Waals surface area contributed by atoms with Crippen LogP contribution in [-0.2, 0) is 0 Å². The van der Waals surface area contributed by atoms with Crippen molar-refractivity contribution in [1.82, 2.24) is 15.1 Å². The Morgan fingerprint density at radius 2 is 1.95 bits per heavy atom. The molecule has 0 aliphatic heterocycles. The van der Waals surface area contributed by atoms with Gasteiger partial charge in [0, 0.05) is 24.0 Å². The van der Waals surface area contributed by atoms with Crippen molar-refractivity contribution in [3.63, 3.8) is 0 Å². The number of rotatable bonds is 2. The lowest BCUT2D eigenvalue weighted by atomic mass is 9.85. The number of hydrogen-bond acceptors (Lipinski definition) is 5. The molecule has 98 valence electrons. The Bertz CT molecular complexity index is 580. The first-order valence-corrected chi connectivity index (χ1v) is 6.82. The summed E-state index contributed by atoms with van der Waals surface area (Å²) in [5, 5.41) is 4.08. The van der Waals surface area contributed by atoms with Gasteiger partial charge in [0.15, 0.2) is 0 Å². The van der Waals surface area contributed by atoms with Crippen LogP contribution in [0.25, 0.3) is 11.4 Å². The van der Waals surface area contributed by atoms with Crippen LogP contribution in [0.5, 0.6) is 0 Å². The molecule has 5 nitrogen and oxygen atoms in total. The van der Waals surface area contributed by atoms with Gasteiger partial charge in [-0.2, -0.15) is 4.98 Å². The molecule has 2 aliphatic carbocycles. The zero-order valence-corrected chi connectivity index (χ0v) is 10.6. The monoisotopic (exact) mass is 256 g/mol. The van der Waals surface area contributed by atoms with Crippen LogP contribution >= 0.6 is 0 Å². The van der Waals surface area contributed by atoms with E-state index in [1.807, 2.05) is 12.1 Å². The van der Waals surface area contributed by atoms with Crippen molar-refractivity contribution in [2.75, 3.05) is 0 Å². The topological polar surface area (TPSA) is 77.8 Å². The van der Waals surface area contributed by atoms with Crippen LogP contribution in [0.1, 0.15) is 31.1 Å².